The molecule has 0 saturated heterocycles. The van der Waals surface area contributed by atoms with Gasteiger partial charge in [-0.1, -0.05) is 40.2 Å². The molecule has 12 heteroatoms. The van der Waals surface area contributed by atoms with Crippen molar-refractivity contribution in [3.8, 4) is 11.5 Å². The minimum atomic E-state index is -1.11. The van der Waals surface area contributed by atoms with Crippen LogP contribution in [0.1, 0.15) is 93.1 Å². The Morgan fingerprint density at radius 1 is 0.682 bits per heavy atom. The molecule has 1 fully saturated rings. The fraction of sp³-hybridized carbons (Fsp3) is 0.688. The molecule has 44 heavy (non-hydrogen) atoms. The molecule has 0 heterocycles. The Bertz CT molecular complexity index is 1100. The highest BCUT2D eigenvalue weighted by Gasteiger charge is 2.27. The fourth-order valence-corrected chi connectivity index (χ4v) is 3.95. The van der Waals surface area contributed by atoms with E-state index in [-0.39, 0.29) is 35.9 Å². The first-order valence-corrected chi connectivity index (χ1v) is 15.4. The predicted octanol–water partition coefficient (Wildman–Crippen LogP) is 6.48. The number of carbonyl (C=O) groups excluding carboxylic acids is 4. The molecule has 2 N–H and O–H groups in total. The van der Waals surface area contributed by atoms with E-state index < -0.39 is 54.9 Å². The van der Waals surface area contributed by atoms with E-state index in [2.05, 4.69) is 0 Å². The Balaban J connectivity index is 2.05. The Morgan fingerprint density at radius 2 is 1.18 bits per heavy atom. The number of rotatable bonds is 13. The van der Waals surface area contributed by atoms with Gasteiger partial charge in [-0.25, -0.2) is 14.4 Å². The molecule has 12 nitrogen and oxygen atoms in total. The smallest absolute Gasteiger partial charge is 0.458 e. The van der Waals surface area contributed by atoms with Gasteiger partial charge in [-0.15, -0.1) is 0 Å². The summed E-state index contributed by atoms with van der Waals surface area (Å²) in [7, 11) is 0. The first kappa shape index (κ1) is 36.7. The minimum absolute atomic E-state index is 0.00652. The standard InChI is InChI=1S/C32H49NO11/c1-18(2)20(5)39-31(36)43-27-15-14-24(17-28(27)44-32(37)40-21(6)19(3)4)16-26(33)29(34)38-22(7)23(8)41-30(35)42-25-12-10-9-11-13-25/h14-15,17-23,25-26H,9-13,16,33H2,1-8H3/t20-,21?,22?,23?,26-/m0/s1. The first-order chi connectivity index (χ1) is 20.7. The van der Waals surface area contributed by atoms with Crippen molar-refractivity contribution in [1.29, 1.82) is 0 Å². The fourth-order valence-electron chi connectivity index (χ4n) is 3.95. The second-order valence-corrected chi connectivity index (χ2v) is 12.0. The second-order valence-electron chi connectivity index (χ2n) is 12.0. The van der Waals surface area contributed by atoms with E-state index in [9.17, 15) is 19.2 Å². The number of carbonyl (C=O) groups is 4. The van der Waals surface area contributed by atoms with Crippen LogP contribution in [0.25, 0.3) is 0 Å². The third-order valence-corrected chi connectivity index (χ3v) is 7.66. The van der Waals surface area contributed by atoms with Crippen LogP contribution in [-0.2, 0) is 34.9 Å². The van der Waals surface area contributed by atoms with E-state index in [1.54, 1.807) is 33.8 Å². The summed E-state index contributed by atoms with van der Waals surface area (Å²) in [6, 6.07) is 3.27. The zero-order valence-electron chi connectivity index (χ0n) is 27.2. The summed E-state index contributed by atoms with van der Waals surface area (Å²) < 4.78 is 37.4. The van der Waals surface area contributed by atoms with Crippen LogP contribution >= 0.6 is 0 Å². The van der Waals surface area contributed by atoms with Gasteiger partial charge in [0.15, 0.2) is 11.5 Å². The van der Waals surface area contributed by atoms with E-state index in [1.165, 1.54) is 12.1 Å². The number of nitrogens with two attached hydrogens (primary N) is 1. The summed E-state index contributed by atoms with van der Waals surface area (Å²) in [5.41, 5.74) is 6.61. The van der Waals surface area contributed by atoms with Gasteiger partial charge in [0.25, 0.3) is 0 Å². The minimum Gasteiger partial charge on any atom is -0.458 e. The number of ether oxygens (including phenoxy) is 7. The van der Waals surface area contributed by atoms with E-state index in [4.69, 9.17) is 38.9 Å². The topological polar surface area (TPSA) is 159 Å². The molecule has 3 unspecified atom stereocenters. The van der Waals surface area contributed by atoms with Gasteiger partial charge in [-0.05, 0) is 89.3 Å². The number of esters is 1. The zero-order chi connectivity index (χ0) is 33.0. The first-order valence-electron chi connectivity index (χ1n) is 15.4. The Hall–Kier alpha value is -3.54. The Labute approximate surface area is 260 Å². The van der Waals surface area contributed by atoms with Crippen molar-refractivity contribution in [2.75, 3.05) is 0 Å². The maximum Gasteiger partial charge on any atom is 0.514 e. The number of benzene rings is 1. The van der Waals surface area contributed by atoms with Crippen LogP contribution in [-0.4, -0.2) is 61.0 Å². The molecule has 0 amide bonds. The van der Waals surface area contributed by atoms with Gasteiger partial charge >= 0.3 is 24.4 Å². The Morgan fingerprint density at radius 3 is 1.73 bits per heavy atom. The maximum atomic E-state index is 12.8. The molecule has 5 atom stereocenters. The molecule has 0 aromatic heterocycles. The molecule has 248 valence electrons. The monoisotopic (exact) mass is 623 g/mol. The normalized spacial score (nSPS) is 17.1. The SMILES string of the molecule is CC(C)C(C)OC(=O)Oc1cc(C[C@H](N)C(=O)OC(C)C(C)OC(=O)OC2CCCCC2)ccc1OC(=O)O[C@@H](C)C(C)C. The predicted molar refractivity (Wildman–Crippen MR) is 160 cm³/mol. The van der Waals surface area contributed by atoms with Crippen LogP contribution in [0.2, 0.25) is 0 Å². The van der Waals surface area contributed by atoms with E-state index in [0.717, 1.165) is 32.1 Å². The van der Waals surface area contributed by atoms with Crippen molar-refractivity contribution < 1.29 is 52.3 Å². The Kier molecular flexibility index (Phi) is 14.7. The van der Waals surface area contributed by atoms with Crippen LogP contribution < -0.4 is 15.2 Å². The van der Waals surface area contributed by atoms with Crippen LogP contribution in [0.15, 0.2) is 18.2 Å². The highest BCUT2D eigenvalue weighted by Crippen LogP contribution is 2.30. The number of hydrogen-bond acceptors (Lipinski definition) is 12. The molecule has 0 radical (unpaired) electrons. The molecule has 1 saturated carbocycles. The average Bonchev–Trinajstić information content (AvgIpc) is 2.94. The summed E-state index contributed by atoms with van der Waals surface area (Å²) in [5.74, 6) is -0.834. The second kappa shape index (κ2) is 17.7. The van der Waals surface area contributed by atoms with Gasteiger partial charge in [0.05, 0.1) is 0 Å². The van der Waals surface area contributed by atoms with Gasteiger partial charge in [0.2, 0.25) is 0 Å². The van der Waals surface area contributed by atoms with Crippen LogP contribution in [0, 0.1) is 11.8 Å². The van der Waals surface area contributed by atoms with Crippen molar-refractivity contribution in [3.63, 3.8) is 0 Å². The molecule has 0 aliphatic heterocycles. The van der Waals surface area contributed by atoms with Crippen LogP contribution in [0.3, 0.4) is 0 Å². The lowest BCUT2D eigenvalue weighted by Gasteiger charge is -2.25. The summed E-state index contributed by atoms with van der Waals surface area (Å²) in [6.07, 6.45) is -0.572. The third kappa shape index (κ3) is 12.6. The lowest BCUT2D eigenvalue weighted by molar-refractivity contribution is -0.155. The van der Waals surface area contributed by atoms with Crippen molar-refractivity contribution in [3.05, 3.63) is 23.8 Å². The molecule has 1 aliphatic rings. The molecule has 1 aromatic rings. The van der Waals surface area contributed by atoms with Crippen LogP contribution in [0.4, 0.5) is 14.4 Å². The highest BCUT2D eigenvalue weighted by atomic mass is 16.8. The molecular formula is C32H49NO11. The van der Waals surface area contributed by atoms with Gasteiger partial charge in [-0.2, -0.15) is 0 Å². The van der Waals surface area contributed by atoms with E-state index in [1.807, 2.05) is 27.7 Å². The molecule has 2 rings (SSSR count). The molecular weight excluding hydrogens is 574 g/mol. The lowest BCUT2D eigenvalue weighted by atomic mass is 9.98. The third-order valence-electron chi connectivity index (χ3n) is 7.66. The summed E-state index contributed by atoms with van der Waals surface area (Å²) in [4.78, 5) is 49.8. The lowest BCUT2D eigenvalue weighted by Crippen LogP contribution is -2.39. The summed E-state index contributed by atoms with van der Waals surface area (Å²) in [6.45, 7) is 14.2. The molecule has 1 aromatic carbocycles. The van der Waals surface area contributed by atoms with Crippen molar-refractivity contribution in [2.24, 2.45) is 17.6 Å². The molecule has 1 aliphatic carbocycles. The molecule has 0 spiro atoms. The van der Waals surface area contributed by atoms with Crippen LogP contribution in [0.5, 0.6) is 11.5 Å². The van der Waals surface area contributed by atoms with Gasteiger partial charge in [-0.3, -0.25) is 4.79 Å². The van der Waals surface area contributed by atoms with Gasteiger partial charge in [0.1, 0.15) is 36.6 Å². The van der Waals surface area contributed by atoms with Crippen molar-refractivity contribution in [1.82, 2.24) is 0 Å². The highest BCUT2D eigenvalue weighted by molar-refractivity contribution is 5.76. The molecule has 0 bridgehead atoms. The maximum absolute atomic E-state index is 12.8. The number of hydrogen-bond donors (Lipinski definition) is 1. The van der Waals surface area contributed by atoms with Crippen molar-refractivity contribution in [2.45, 2.75) is 130 Å². The van der Waals surface area contributed by atoms with Crippen molar-refractivity contribution >= 4 is 24.4 Å². The zero-order valence-corrected chi connectivity index (χ0v) is 27.2. The van der Waals surface area contributed by atoms with E-state index >= 15 is 0 Å². The average molecular weight is 624 g/mol. The van der Waals surface area contributed by atoms with Gasteiger partial charge < -0.3 is 38.9 Å². The van der Waals surface area contributed by atoms with Gasteiger partial charge in [0, 0.05) is 0 Å². The largest absolute Gasteiger partial charge is 0.514 e. The summed E-state index contributed by atoms with van der Waals surface area (Å²) >= 11 is 0. The summed E-state index contributed by atoms with van der Waals surface area (Å²) in [5, 5.41) is 0. The van der Waals surface area contributed by atoms with E-state index in [0.29, 0.717) is 5.56 Å². The quantitative estimate of drug-likeness (QED) is 0.145.